The second kappa shape index (κ2) is 9.19. The van der Waals surface area contributed by atoms with Gasteiger partial charge in [-0.2, -0.15) is 0 Å². The molecule has 1 unspecified atom stereocenters. The highest BCUT2D eigenvalue weighted by atomic mass is 35.5. The highest BCUT2D eigenvalue weighted by molar-refractivity contribution is 6.31. The summed E-state index contributed by atoms with van der Waals surface area (Å²) in [4.78, 5) is 2.20. The van der Waals surface area contributed by atoms with Crippen LogP contribution in [0, 0.1) is 0 Å². The molecule has 0 saturated carbocycles. The quantitative estimate of drug-likeness (QED) is 0.733. The second-order valence-corrected chi connectivity index (χ2v) is 5.10. The Morgan fingerprint density at radius 1 is 1.35 bits per heavy atom. The topological polar surface area (TPSA) is 44.7 Å². The van der Waals surface area contributed by atoms with Crippen LogP contribution < -0.4 is 10.1 Å². The van der Waals surface area contributed by atoms with Gasteiger partial charge in [-0.15, -0.1) is 0 Å². The lowest BCUT2D eigenvalue weighted by molar-refractivity contribution is 0.116. The number of aliphatic hydroxyl groups excluding tert-OH is 1. The van der Waals surface area contributed by atoms with Crippen molar-refractivity contribution in [1.29, 1.82) is 0 Å². The number of hydrogen-bond donors (Lipinski definition) is 2. The van der Waals surface area contributed by atoms with Crippen LogP contribution in [-0.4, -0.2) is 49.4 Å². The van der Waals surface area contributed by atoms with Gasteiger partial charge in [-0.1, -0.05) is 31.5 Å². The molecule has 0 saturated heterocycles. The fourth-order valence-electron chi connectivity index (χ4n) is 2.11. The van der Waals surface area contributed by atoms with Crippen molar-refractivity contribution in [3.8, 4) is 5.75 Å². The zero-order valence-corrected chi connectivity index (χ0v) is 13.3. The van der Waals surface area contributed by atoms with Crippen molar-refractivity contribution in [2.75, 3.05) is 33.3 Å². The zero-order chi connectivity index (χ0) is 15.0. The maximum Gasteiger partial charge on any atom is 0.124 e. The Kier molecular flexibility index (Phi) is 7.92. The van der Waals surface area contributed by atoms with E-state index in [2.05, 4.69) is 24.1 Å². The number of likely N-dealkylation sites (N-methyl/N-ethyl adjacent to an activating group) is 1. The number of methoxy groups -OCH3 is 1. The number of ether oxygens (including phenoxy) is 1. The fourth-order valence-corrected chi connectivity index (χ4v) is 2.34. The van der Waals surface area contributed by atoms with E-state index in [1.54, 1.807) is 7.11 Å². The van der Waals surface area contributed by atoms with Gasteiger partial charge in [0.1, 0.15) is 5.75 Å². The molecule has 114 valence electrons. The number of benzene rings is 1. The summed E-state index contributed by atoms with van der Waals surface area (Å²) in [5.41, 5.74) is 0.923. The molecule has 0 aromatic heterocycles. The third kappa shape index (κ3) is 5.29. The van der Waals surface area contributed by atoms with Gasteiger partial charge in [0.2, 0.25) is 0 Å². The lowest BCUT2D eigenvalue weighted by Gasteiger charge is -2.22. The molecule has 0 aliphatic heterocycles. The number of nitrogens with zero attached hydrogens (tertiary/aromatic N) is 1. The van der Waals surface area contributed by atoms with Gasteiger partial charge in [-0.05, 0) is 25.2 Å². The molecule has 4 nitrogen and oxygen atoms in total. The number of rotatable bonds is 9. The summed E-state index contributed by atoms with van der Waals surface area (Å²) in [5.74, 6) is 0.767. The molecule has 0 amide bonds. The summed E-state index contributed by atoms with van der Waals surface area (Å²) < 4.78 is 5.29. The Bertz CT molecular complexity index is 397. The van der Waals surface area contributed by atoms with Gasteiger partial charge >= 0.3 is 0 Å². The molecule has 0 fully saturated rings. The predicted molar refractivity (Wildman–Crippen MR) is 83.5 cm³/mol. The molecule has 2 N–H and O–H groups in total. The van der Waals surface area contributed by atoms with E-state index in [0.717, 1.165) is 24.4 Å². The first kappa shape index (κ1) is 17.2. The molecular formula is C15H25ClN2O2. The molecule has 0 aliphatic rings. The van der Waals surface area contributed by atoms with E-state index >= 15 is 0 Å². The van der Waals surface area contributed by atoms with Crippen LogP contribution in [0.3, 0.4) is 0 Å². The van der Waals surface area contributed by atoms with Crippen LogP contribution in [0.4, 0.5) is 0 Å². The van der Waals surface area contributed by atoms with Gasteiger partial charge in [0.25, 0.3) is 0 Å². The summed E-state index contributed by atoms with van der Waals surface area (Å²) in [6.45, 7) is 7.89. The van der Waals surface area contributed by atoms with Crippen LogP contribution in [0.2, 0.25) is 5.02 Å². The molecule has 1 rings (SSSR count). The van der Waals surface area contributed by atoms with Crippen LogP contribution in [0.15, 0.2) is 18.2 Å². The first-order valence-corrected chi connectivity index (χ1v) is 7.42. The summed E-state index contributed by atoms with van der Waals surface area (Å²) >= 11 is 6.16. The van der Waals surface area contributed by atoms with Crippen LogP contribution in [0.25, 0.3) is 0 Å². The van der Waals surface area contributed by atoms with Crippen molar-refractivity contribution in [2.24, 2.45) is 0 Å². The first-order valence-electron chi connectivity index (χ1n) is 7.04. The Morgan fingerprint density at radius 2 is 2.05 bits per heavy atom. The van der Waals surface area contributed by atoms with E-state index in [0.29, 0.717) is 24.7 Å². The number of nitrogens with one attached hydrogen (secondary N) is 1. The molecule has 0 aliphatic carbocycles. The normalized spacial score (nSPS) is 12.7. The minimum absolute atomic E-state index is 0.386. The van der Waals surface area contributed by atoms with Crippen molar-refractivity contribution in [1.82, 2.24) is 10.2 Å². The van der Waals surface area contributed by atoms with Crippen molar-refractivity contribution >= 4 is 11.6 Å². The van der Waals surface area contributed by atoms with Gasteiger partial charge in [-0.25, -0.2) is 0 Å². The van der Waals surface area contributed by atoms with Crippen molar-refractivity contribution < 1.29 is 9.84 Å². The molecule has 0 bridgehead atoms. The third-order valence-electron chi connectivity index (χ3n) is 3.34. The van der Waals surface area contributed by atoms with E-state index in [9.17, 15) is 5.11 Å². The standard InChI is InChI=1S/C15H25ClN2O2/c1-4-18(5-2)11-12(19)9-17-10-13-14(16)7-6-8-15(13)20-3/h6-8,12,17,19H,4-5,9-11H2,1-3H3. The first-order chi connectivity index (χ1) is 9.62. The maximum atomic E-state index is 9.99. The number of halogens is 1. The summed E-state index contributed by atoms with van der Waals surface area (Å²) in [7, 11) is 1.63. The smallest absolute Gasteiger partial charge is 0.124 e. The highest BCUT2D eigenvalue weighted by Gasteiger charge is 2.10. The summed E-state index contributed by atoms with van der Waals surface area (Å²) in [6.07, 6.45) is -0.386. The van der Waals surface area contributed by atoms with Crippen molar-refractivity contribution in [3.63, 3.8) is 0 Å². The molecule has 5 heteroatoms. The van der Waals surface area contributed by atoms with Gasteiger partial charge in [0.15, 0.2) is 0 Å². The van der Waals surface area contributed by atoms with Crippen LogP contribution in [0.1, 0.15) is 19.4 Å². The minimum Gasteiger partial charge on any atom is -0.496 e. The van der Waals surface area contributed by atoms with E-state index < -0.39 is 0 Å². The Labute approximate surface area is 126 Å². The molecule has 0 spiro atoms. The van der Waals surface area contributed by atoms with Gasteiger partial charge in [0.05, 0.1) is 13.2 Å². The Hall–Kier alpha value is -0.810. The third-order valence-corrected chi connectivity index (χ3v) is 3.70. The van der Waals surface area contributed by atoms with E-state index in [-0.39, 0.29) is 6.10 Å². The zero-order valence-electron chi connectivity index (χ0n) is 12.5. The average molecular weight is 301 g/mol. The lowest BCUT2D eigenvalue weighted by atomic mass is 10.2. The van der Waals surface area contributed by atoms with E-state index in [1.165, 1.54) is 0 Å². The number of hydrogen-bond acceptors (Lipinski definition) is 4. The highest BCUT2D eigenvalue weighted by Crippen LogP contribution is 2.25. The van der Waals surface area contributed by atoms with Crippen LogP contribution >= 0.6 is 11.6 Å². The molecule has 20 heavy (non-hydrogen) atoms. The molecule has 0 radical (unpaired) electrons. The molecular weight excluding hydrogens is 276 g/mol. The fraction of sp³-hybridized carbons (Fsp3) is 0.600. The van der Waals surface area contributed by atoms with Crippen LogP contribution in [-0.2, 0) is 6.54 Å². The van der Waals surface area contributed by atoms with Gasteiger partial charge in [-0.3, -0.25) is 0 Å². The molecule has 0 heterocycles. The van der Waals surface area contributed by atoms with E-state index in [1.807, 2.05) is 18.2 Å². The lowest BCUT2D eigenvalue weighted by Crippen LogP contribution is -2.38. The molecule has 1 aromatic rings. The molecule has 1 atom stereocenters. The average Bonchev–Trinajstić information content (AvgIpc) is 2.46. The van der Waals surface area contributed by atoms with Crippen molar-refractivity contribution in [2.45, 2.75) is 26.5 Å². The second-order valence-electron chi connectivity index (χ2n) is 4.69. The minimum atomic E-state index is -0.386. The monoisotopic (exact) mass is 300 g/mol. The largest absolute Gasteiger partial charge is 0.496 e. The Balaban J connectivity index is 2.44. The SMILES string of the molecule is CCN(CC)CC(O)CNCc1c(Cl)cccc1OC. The summed E-state index contributed by atoms with van der Waals surface area (Å²) in [5, 5.41) is 13.9. The maximum absolute atomic E-state index is 9.99. The van der Waals surface area contributed by atoms with Crippen LogP contribution in [0.5, 0.6) is 5.75 Å². The molecule has 1 aromatic carbocycles. The van der Waals surface area contributed by atoms with Gasteiger partial charge in [0, 0.05) is 30.2 Å². The summed E-state index contributed by atoms with van der Waals surface area (Å²) in [6, 6.07) is 5.59. The number of aliphatic hydroxyl groups is 1. The van der Waals surface area contributed by atoms with E-state index in [4.69, 9.17) is 16.3 Å². The van der Waals surface area contributed by atoms with Crippen molar-refractivity contribution in [3.05, 3.63) is 28.8 Å². The predicted octanol–water partition coefficient (Wildman–Crippen LogP) is 2.14. The van der Waals surface area contributed by atoms with Gasteiger partial charge < -0.3 is 20.1 Å². The Morgan fingerprint density at radius 3 is 2.65 bits per heavy atom.